The molecule has 0 aliphatic carbocycles. The predicted octanol–water partition coefficient (Wildman–Crippen LogP) is 4.99. The maximum absolute atomic E-state index is 4.12. The number of hydrogen-bond acceptors (Lipinski definition) is 2. The minimum absolute atomic E-state index is 0.289. The zero-order valence-corrected chi connectivity index (χ0v) is 15.0. The number of hydrogen-bond donors (Lipinski definition) is 0. The molecule has 0 amide bonds. The first kappa shape index (κ1) is 14.7. The SMILES string of the molecule is C=CC1([Si](C)(C)C)SCC=C([Si](C)(C)C)S1. The van der Waals surface area contributed by atoms with Gasteiger partial charge in [0.25, 0.3) is 0 Å². The van der Waals surface area contributed by atoms with Crippen LogP contribution in [0.5, 0.6) is 0 Å². The van der Waals surface area contributed by atoms with E-state index in [-0.39, 0.29) is 3.70 Å². The Bertz CT molecular complexity index is 310. The molecule has 1 heterocycles. The van der Waals surface area contributed by atoms with Crippen LogP contribution >= 0.6 is 23.5 Å². The van der Waals surface area contributed by atoms with Crippen molar-refractivity contribution in [2.24, 2.45) is 0 Å². The first-order valence-electron chi connectivity index (χ1n) is 5.79. The zero-order valence-electron chi connectivity index (χ0n) is 11.4. The molecule has 0 aromatic heterocycles. The largest absolute Gasteiger partial charge is 0.139 e. The van der Waals surface area contributed by atoms with E-state index in [2.05, 4.69) is 81.5 Å². The first-order chi connectivity index (χ1) is 7.12. The topological polar surface area (TPSA) is 0 Å². The van der Waals surface area contributed by atoms with Crippen molar-refractivity contribution in [1.82, 2.24) is 0 Å². The molecule has 0 radical (unpaired) electrons. The van der Waals surface area contributed by atoms with Gasteiger partial charge in [0.1, 0.15) is 0 Å². The van der Waals surface area contributed by atoms with Gasteiger partial charge < -0.3 is 0 Å². The molecular weight excluding hydrogens is 264 g/mol. The van der Waals surface area contributed by atoms with Gasteiger partial charge in [-0.3, -0.25) is 0 Å². The molecule has 4 heteroatoms. The fourth-order valence-corrected chi connectivity index (χ4v) is 11.0. The van der Waals surface area contributed by atoms with Gasteiger partial charge in [0.05, 0.1) is 19.9 Å². The van der Waals surface area contributed by atoms with Crippen LogP contribution in [0.2, 0.25) is 39.3 Å². The van der Waals surface area contributed by atoms with E-state index in [9.17, 15) is 0 Å². The lowest BCUT2D eigenvalue weighted by Crippen LogP contribution is -2.47. The normalized spacial score (nSPS) is 27.5. The molecule has 0 spiro atoms. The Morgan fingerprint density at radius 2 is 1.81 bits per heavy atom. The summed E-state index contributed by atoms with van der Waals surface area (Å²) in [6.07, 6.45) is 4.69. The van der Waals surface area contributed by atoms with E-state index in [4.69, 9.17) is 0 Å². The summed E-state index contributed by atoms with van der Waals surface area (Å²) in [4.78, 5) is 0. The van der Waals surface area contributed by atoms with Gasteiger partial charge in [0, 0.05) is 5.75 Å². The third-order valence-corrected chi connectivity index (χ3v) is 15.8. The van der Waals surface area contributed by atoms with Gasteiger partial charge in [-0.05, 0) is 4.53 Å². The highest BCUT2D eigenvalue weighted by molar-refractivity contribution is 8.24. The Labute approximate surface area is 111 Å². The maximum atomic E-state index is 4.12. The van der Waals surface area contributed by atoms with Crippen molar-refractivity contribution in [3.05, 3.63) is 23.3 Å². The van der Waals surface area contributed by atoms with Crippen molar-refractivity contribution in [3.8, 4) is 0 Å². The average Bonchev–Trinajstić information content (AvgIpc) is 2.15. The molecule has 1 aliphatic rings. The van der Waals surface area contributed by atoms with Crippen LogP contribution in [0.3, 0.4) is 0 Å². The van der Waals surface area contributed by atoms with Crippen LogP contribution in [0, 0.1) is 0 Å². The van der Waals surface area contributed by atoms with Crippen LogP contribution in [-0.2, 0) is 0 Å². The highest BCUT2D eigenvalue weighted by Crippen LogP contribution is 2.53. The summed E-state index contributed by atoms with van der Waals surface area (Å²) in [6, 6.07) is 0. The molecule has 1 rings (SSSR count). The second kappa shape index (κ2) is 4.71. The molecule has 0 saturated heterocycles. The molecule has 0 fully saturated rings. The van der Waals surface area contributed by atoms with Gasteiger partial charge in [-0.1, -0.05) is 51.4 Å². The smallest absolute Gasteiger partial charge is 0.0854 e. The molecule has 0 aromatic rings. The van der Waals surface area contributed by atoms with E-state index in [1.165, 1.54) is 5.75 Å². The molecule has 92 valence electrons. The number of rotatable bonds is 3. The lowest BCUT2D eigenvalue weighted by molar-refractivity contribution is 1.35. The Hall–Kier alpha value is 0.614. The second-order valence-corrected chi connectivity index (χ2v) is 20.6. The summed E-state index contributed by atoms with van der Waals surface area (Å²) in [5.41, 5.74) is 0. The third-order valence-electron chi connectivity index (χ3n) is 2.88. The predicted molar refractivity (Wildman–Crippen MR) is 87.8 cm³/mol. The monoisotopic (exact) mass is 288 g/mol. The van der Waals surface area contributed by atoms with Crippen molar-refractivity contribution in [2.45, 2.75) is 43.0 Å². The lowest BCUT2D eigenvalue weighted by atomic mass is 10.7. The van der Waals surface area contributed by atoms with E-state index in [0.29, 0.717) is 0 Å². The van der Waals surface area contributed by atoms with Gasteiger partial charge >= 0.3 is 0 Å². The molecule has 0 aromatic carbocycles. The van der Waals surface area contributed by atoms with Crippen molar-refractivity contribution in [3.63, 3.8) is 0 Å². The van der Waals surface area contributed by atoms with Gasteiger partial charge in [-0.15, -0.1) is 30.1 Å². The fourth-order valence-electron chi connectivity index (χ4n) is 1.71. The lowest BCUT2D eigenvalue weighted by Gasteiger charge is -2.44. The van der Waals surface area contributed by atoms with E-state index >= 15 is 0 Å². The minimum Gasteiger partial charge on any atom is -0.139 e. The van der Waals surface area contributed by atoms with E-state index in [0.717, 1.165) is 0 Å². The average molecular weight is 289 g/mol. The summed E-state index contributed by atoms with van der Waals surface area (Å²) in [6.45, 7) is 18.8. The van der Waals surface area contributed by atoms with Crippen molar-refractivity contribution < 1.29 is 0 Å². The van der Waals surface area contributed by atoms with Crippen LogP contribution in [0.4, 0.5) is 0 Å². The number of thioether (sulfide) groups is 2. The van der Waals surface area contributed by atoms with Crippen molar-refractivity contribution in [1.29, 1.82) is 0 Å². The Balaban J connectivity index is 3.05. The van der Waals surface area contributed by atoms with Gasteiger partial charge in [0.15, 0.2) is 0 Å². The van der Waals surface area contributed by atoms with Crippen molar-refractivity contribution >= 4 is 39.7 Å². The Morgan fingerprint density at radius 1 is 1.25 bits per heavy atom. The summed E-state index contributed by atoms with van der Waals surface area (Å²) in [5, 5.41) is 0. The summed E-state index contributed by atoms with van der Waals surface area (Å²) >= 11 is 4.21. The quantitative estimate of drug-likeness (QED) is 0.530. The van der Waals surface area contributed by atoms with Gasteiger partial charge in [0.2, 0.25) is 0 Å². The fraction of sp³-hybridized carbons (Fsp3) is 0.667. The molecule has 1 atom stereocenters. The molecule has 0 nitrogen and oxygen atoms in total. The molecule has 16 heavy (non-hydrogen) atoms. The second-order valence-electron chi connectivity index (χ2n) is 6.35. The molecule has 1 aliphatic heterocycles. The minimum atomic E-state index is -1.24. The van der Waals surface area contributed by atoms with Crippen LogP contribution in [-0.4, -0.2) is 25.6 Å². The molecular formula is C12H24S2Si2. The Morgan fingerprint density at radius 3 is 2.19 bits per heavy atom. The van der Waals surface area contributed by atoms with Crippen LogP contribution in [0.1, 0.15) is 0 Å². The summed E-state index contributed by atoms with van der Waals surface area (Å²) in [5.74, 6) is 1.17. The molecule has 0 bridgehead atoms. The molecule has 0 saturated carbocycles. The zero-order chi connectivity index (χ0) is 12.6. The molecule has 0 N–H and O–H groups in total. The highest BCUT2D eigenvalue weighted by Gasteiger charge is 2.45. The van der Waals surface area contributed by atoms with E-state index in [1.54, 1.807) is 4.53 Å². The van der Waals surface area contributed by atoms with E-state index in [1.807, 2.05) is 0 Å². The van der Waals surface area contributed by atoms with E-state index < -0.39 is 16.1 Å². The Kier molecular flexibility index (Phi) is 4.32. The molecule has 1 unspecified atom stereocenters. The standard InChI is InChI=1S/C12H24S2Si2/c1-8-12(16(5,6)7)13-10-9-11(14-12)15(2,3)4/h8-9H,1,10H2,2-7H3. The van der Waals surface area contributed by atoms with Gasteiger partial charge in [-0.2, -0.15) is 0 Å². The van der Waals surface area contributed by atoms with Crippen LogP contribution in [0.15, 0.2) is 23.3 Å². The highest BCUT2D eigenvalue weighted by atomic mass is 32.2. The van der Waals surface area contributed by atoms with Crippen LogP contribution < -0.4 is 0 Å². The van der Waals surface area contributed by atoms with Crippen LogP contribution in [0.25, 0.3) is 0 Å². The maximum Gasteiger partial charge on any atom is 0.0854 e. The summed E-state index contributed by atoms with van der Waals surface area (Å²) < 4.78 is 1.96. The summed E-state index contributed by atoms with van der Waals surface area (Å²) in [7, 11) is -2.39. The van der Waals surface area contributed by atoms with Crippen molar-refractivity contribution in [2.75, 3.05) is 5.75 Å². The van der Waals surface area contributed by atoms with Gasteiger partial charge in [-0.25, -0.2) is 0 Å². The first-order valence-corrected chi connectivity index (χ1v) is 14.6. The third kappa shape index (κ3) is 2.89.